The third kappa shape index (κ3) is 3.79. The number of pyridine rings is 1. The molecule has 0 radical (unpaired) electrons. The van der Waals surface area contributed by atoms with Gasteiger partial charge >= 0.3 is 0 Å². The van der Waals surface area contributed by atoms with E-state index < -0.39 is 0 Å². The Labute approximate surface area is 183 Å². The molecule has 1 unspecified atom stereocenters. The van der Waals surface area contributed by atoms with Gasteiger partial charge in [0.15, 0.2) is 0 Å². The number of nitrogens with two attached hydrogens (primary N) is 1. The SMILES string of the molecule is CC1(C)CC(N)c2cc(-c3ccc(Cl)cc3)c(-c3ccc(Br)cc3Cl)nc2O1. The second-order valence-corrected chi connectivity index (χ2v) is 9.34. The van der Waals surface area contributed by atoms with Crippen molar-refractivity contribution in [3.8, 4) is 28.3 Å². The van der Waals surface area contributed by atoms with Gasteiger partial charge in [-0.3, -0.25) is 0 Å². The molecule has 0 spiro atoms. The van der Waals surface area contributed by atoms with Crippen LogP contribution in [0, 0.1) is 0 Å². The zero-order valence-electron chi connectivity index (χ0n) is 15.5. The van der Waals surface area contributed by atoms with E-state index in [9.17, 15) is 0 Å². The quantitative estimate of drug-likeness (QED) is 0.430. The molecule has 1 aliphatic heterocycles. The second-order valence-electron chi connectivity index (χ2n) is 7.58. The van der Waals surface area contributed by atoms with Crippen LogP contribution in [0.2, 0.25) is 10.0 Å². The highest BCUT2D eigenvalue weighted by atomic mass is 79.9. The van der Waals surface area contributed by atoms with Gasteiger partial charge < -0.3 is 10.5 Å². The smallest absolute Gasteiger partial charge is 0.219 e. The number of benzene rings is 2. The van der Waals surface area contributed by atoms with Crippen molar-refractivity contribution in [1.29, 1.82) is 0 Å². The predicted molar refractivity (Wildman–Crippen MR) is 119 cm³/mol. The molecular weight excluding hydrogens is 459 g/mol. The number of halogens is 3. The Bertz CT molecular complexity index is 1050. The fraction of sp³-hybridized carbons (Fsp3) is 0.227. The lowest BCUT2D eigenvalue weighted by molar-refractivity contribution is 0.0669. The molecule has 2 N–H and O–H groups in total. The molecule has 4 rings (SSSR count). The summed E-state index contributed by atoms with van der Waals surface area (Å²) in [6.07, 6.45) is 0.722. The largest absolute Gasteiger partial charge is 0.471 e. The summed E-state index contributed by atoms with van der Waals surface area (Å²) in [5.41, 5.74) is 10.5. The van der Waals surface area contributed by atoms with E-state index in [4.69, 9.17) is 38.7 Å². The van der Waals surface area contributed by atoms with Crippen LogP contribution in [0.1, 0.15) is 31.9 Å². The third-order valence-corrected chi connectivity index (χ3v) is 5.90. The van der Waals surface area contributed by atoms with Gasteiger partial charge in [0, 0.05) is 38.6 Å². The average molecular weight is 478 g/mol. The van der Waals surface area contributed by atoms with E-state index in [1.165, 1.54) is 0 Å². The van der Waals surface area contributed by atoms with Crippen LogP contribution >= 0.6 is 39.1 Å². The van der Waals surface area contributed by atoms with Gasteiger partial charge in [-0.25, -0.2) is 4.98 Å². The van der Waals surface area contributed by atoms with Crippen molar-refractivity contribution in [2.75, 3.05) is 0 Å². The molecule has 3 nitrogen and oxygen atoms in total. The van der Waals surface area contributed by atoms with E-state index >= 15 is 0 Å². The molecule has 144 valence electrons. The van der Waals surface area contributed by atoms with Crippen molar-refractivity contribution < 1.29 is 4.74 Å². The van der Waals surface area contributed by atoms with Crippen LogP contribution in [0.3, 0.4) is 0 Å². The van der Waals surface area contributed by atoms with E-state index in [2.05, 4.69) is 22.0 Å². The van der Waals surface area contributed by atoms with Crippen molar-refractivity contribution in [2.45, 2.75) is 31.9 Å². The molecule has 3 aromatic rings. The Hall–Kier alpha value is -1.59. The summed E-state index contributed by atoms with van der Waals surface area (Å²) in [6, 6.07) is 15.4. The molecular formula is C22H19BrCl2N2O. The van der Waals surface area contributed by atoms with E-state index in [0.717, 1.165) is 38.8 Å². The number of fused-ring (bicyclic) bond motifs is 1. The molecule has 0 fully saturated rings. The maximum absolute atomic E-state index is 6.56. The molecule has 0 bridgehead atoms. The van der Waals surface area contributed by atoms with E-state index in [0.29, 0.717) is 15.9 Å². The van der Waals surface area contributed by atoms with Gasteiger partial charge in [-0.15, -0.1) is 0 Å². The van der Waals surface area contributed by atoms with Crippen LogP contribution < -0.4 is 10.5 Å². The van der Waals surface area contributed by atoms with Gasteiger partial charge in [-0.2, -0.15) is 0 Å². The highest BCUT2D eigenvalue weighted by molar-refractivity contribution is 9.10. The molecule has 1 aliphatic rings. The molecule has 2 heterocycles. The third-order valence-electron chi connectivity index (χ3n) is 4.84. The first-order valence-electron chi connectivity index (χ1n) is 8.94. The lowest BCUT2D eigenvalue weighted by Gasteiger charge is -2.35. The van der Waals surface area contributed by atoms with Gasteiger partial charge in [-0.05, 0) is 49.7 Å². The van der Waals surface area contributed by atoms with Crippen LogP contribution in [-0.4, -0.2) is 10.6 Å². The van der Waals surface area contributed by atoms with Gasteiger partial charge in [0.2, 0.25) is 5.88 Å². The fourth-order valence-corrected chi connectivity index (χ4v) is 4.43. The molecule has 2 aromatic carbocycles. The van der Waals surface area contributed by atoms with Crippen molar-refractivity contribution >= 4 is 39.1 Å². The number of hydrogen-bond donors (Lipinski definition) is 1. The summed E-state index contributed by atoms with van der Waals surface area (Å²) in [7, 11) is 0. The van der Waals surface area contributed by atoms with E-state index in [1.54, 1.807) is 0 Å². The highest BCUT2D eigenvalue weighted by Gasteiger charge is 2.34. The number of ether oxygens (including phenoxy) is 1. The Balaban J connectivity index is 1.98. The number of rotatable bonds is 2. The summed E-state index contributed by atoms with van der Waals surface area (Å²) in [6.45, 7) is 4.05. The summed E-state index contributed by atoms with van der Waals surface area (Å²) in [5, 5.41) is 1.29. The first kappa shape index (κ1) is 19.7. The molecule has 0 aliphatic carbocycles. The monoisotopic (exact) mass is 476 g/mol. The minimum absolute atomic E-state index is 0.147. The summed E-state index contributed by atoms with van der Waals surface area (Å²) in [4.78, 5) is 4.88. The highest BCUT2D eigenvalue weighted by Crippen LogP contribution is 2.44. The topological polar surface area (TPSA) is 48.1 Å². The summed E-state index contributed by atoms with van der Waals surface area (Å²) in [5.74, 6) is 0.565. The van der Waals surface area contributed by atoms with Crippen LogP contribution in [0.15, 0.2) is 53.0 Å². The Morgan fingerprint density at radius 2 is 1.79 bits per heavy atom. The maximum Gasteiger partial charge on any atom is 0.219 e. The lowest BCUT2D eigenvalue weighted by Crippen LogP contribution is -2.38. The number of hydrogen-bond acceptors (Lipinski definition) is 3. The minimum atomic E-state index is -0.373. The number of aromatic nitrogens is 1. The van der Waals surface area contributed by atoms with Gasteiger partial charge in [0.1, 0.15) is 5.60 Å². The van der Waals surface area contributed by atoms with Gasteiger partial charge in [0.25, 0.3) is 0 Å². The van der Waals surface area contributed by atoms with Crippen LogP contribution in [0.5, 0.6) is 5.88 Å². The summed E-state index contributed by atoms with van der Waals surface area (Å²) >= 11 is 16.1. The fourth-order valence-electron chi connectivity index (χ4n) is 3.54. The molecule has 0 saturated carbocycles. The second kappa shape index (κ2) is 7.34. The van der Waals surface area contributed by atoms with E-state index in [-0.39, 0.29) is 11.6 Å². The van der Waals surface area contributed by atoms with Crippen LogP contribution in [0.4, 0.5) is 0 Å². The molecule has 1 aromatic heterocycles. The normalized spacial score (nSPS) is 17.7. The minimum Gasteiger partial charge on any atom is -0.471 e. The maximum atomic E-state index is 6.56. The Morgan fingerprint density at radius 1 is 1.07 bits per heavy atom. The van der Waals surface area contributed by atoms with Crippen molar-refractivity contribution in [3.63, 3.8) is 0 Å². The first-order valence-corrected chi connectivity index (χ1v) is 10.5. The van der Waals surface area contributed by atoms with Crippen molar-refractivity contribution in [1.82, 2.24) is 4.98 Å². The van der Waals surface area contributed by atoms with Crippen LogP contribution in [0.25, 0.3) is 22.4 Å². The van der Waals surface area contributed by atoms with Crippen molar-refractivity contribution in [2.24, 2.45) is 5.73 Å². The Kier molecular flexibility index (Phi) is 5.17. The molecule has 0 amide bonds. The van der Waals surface area contributed by atoms with Gasteiger partial charge in [-0.1, -0.05) is 57.3 Å². The predicted octanol–water partition coefficient (Wildman–Crippen LogP) is 7.05. The molecule has 6 heteroatoms. The molecule has 28 heavy (non-hydrogen) atoms. The first-order chi connectivity index (χ1) is 13.2. The zero-order valence-corrected chi connectivity index (χ0v) is 18.6. The molecule has 1 atom stereocenters. The van der Waals surface area contributed by atoms with Gasteiger partial charge in [0.05, 0.1) is 10.7 Å². The Morgan fingerprint density at radius 3 is 2.46 bits per heavy atom. The van der Waals surface area contributed by atoms with Crippen molar-refractivity contribution in [3.05, 3.63) is 68.6 Å². The average Bonchev–Trinajstić information content (AvgIpc) is 2.61. The zero-order chi connectivity index (χ0) is 20.1. The standard InChI is InChI=1S/C22H19BrCl2N2O/c1-22(2)11-19(26)17-10-16(12-3-6-14(24)7-4-12)20(27-21(17)28-22)15-8-5-13(23)9-18(15)25/h3-10,19H,11,26H2,1-2H3. The lowest BCUT2D eigenvalue weighted by atomic mass is 9.89. The number of nitrogens with zero attached hydrogens (tertiary/aromatic N) is 1. The summed E-state index contributed by atoms with van der Waals surface area (Å²) < 4.78 is 7.07. The van der Waals surface area contributed by atoms with E-state index in [1.807, 2.05) is 56.3 Å². The molecule has 0 saturated heterocycles. The van der Waals surface area contributed by atoms with Crippen LogP contribution in [-0.2, 0) is 0 Å².